The zero-order valence-corrected chi connectivity index (χ0v) is 9.72. The summed E-state index contributed by atoms with van der Waals surface area (Å²) in [6.45, 7) is 0. The van der Waals surface area contributed by atoms with Crippen molar-refractivity contribution in [3.63, 3.8) is 0 Å². The molecule has 0 radical (unpaired) electrons. The molecule has 0 aromatic carbocycles. The first-order chi connectivity index (χ1) is 7.38. The molecule has 1 aromatic heterocycles. The molecular weight excluding hydrogens is 208 g/mol. The molecule has 1 aromatic rings. The standard InChI is InChI=1S/C11H16N2OS/c1-14-11-6-2-5-10(13-11)12-9-4-3-7-15-8-9/h2,5-6,9H,3-4,7-8H2,1H3,(H,12,13). The van der Waals surface area contributed by atoms with Crippen molar-refractivity contribution in [2.75, 3.05) is 23.9 Å². The predicted octanol–water partition coefficient (Wildman–Crippen LogP) is 2.40. The van der Waals surface area contributed by atoms with Crippen molar-refractivity contribution in [2.24, 2.45) is 0 Å². The van der Waals surface area contributed by atoms with Crippen LogP contribution in [0.1, 0.15) is 12.8 Å². The van der Waals surface area contributed by atoms with Crippen molar-refractivity contribution in [1.82, 2.24) is 4.98 Å². The molecule has 0 saturated carbocycles. The molecule has 1 N–H and O–H groups in total. The van der Waals surface area contributed by atoms with Gasteiger partial charge < -0.3 is 10.1 Å². The fraction of sp³-hybridized carbons (Fsp3) is 0.545. The maximum Gasteiger partial charge on any atom is 0.214 e. The van der Waals surface area contributed by atoms with Gasteiger partial charge in [-0.25, -0.2) is 0 Å². The number of nitrogens with one attached hydrogen (secondary N) is 1. The number of pyridine rings is 1. The molecule has 1 aliphatic rings. The van der Waals surface area contributed by atoms with Gasteiger partial charge in [0.1, 0.15) is 5.82 Å². The first kappa shape index (κ1) is 10.6. The quantitative estimate of drug-likeness (QED) is 0.855. The van der Waals surface area contributed by atoms with E-state index in [-0.39, 0.29) is 0 Å². The summed E-state index contributed by atoms with van der Waals surface area (Å²) in [7, 11) is 1.64. The summed E-state index contributed by atoms with van der Waals surface area (Å²) < 4.78 is 5.09. The first-order valence-electron chi connectivity index (χ1n) is 5.24. The van der Waals surface area contributed by atoms with Crippen LogP contribution in [0.3, 0.4) is 0 Å². The monoisotopic (exact) mass is 224 g/mol. The summed E-state index contributed by atoms with van der Waals surface area (Å²) in [6.07, 6.45) is 2.54. The Hall–Kier alpha value is -0.900. The van der Waals surface area contributed by atoms with E-state index in [2.05, 4.69) is 10.3 Å². The topological polar surface area (TPSA) is 34.1 Å². The third-order valence-corrected chi connectivity index (χ3v) is 3.66. The lowest BCUT2D eigenvalue weighted by atomic mass is 10.2. The van der Waals surface area contributed by atoms with Gasteiger partial charge in [-0.15, -0.1) is 0 Å². The van der Waals surface area contributed by atoms with Gasteiger partial charge in [0.15, 0.2) is 0 Å². The highest BCUT2D eigenvalue weighted by Crippen LogP contribution is 2.20. The van der Waals surface area contributed by atoms with E-state index >= 15 is 0 Å². The number of nitrogens with zero attached hydrogens (tertiary/aromatic N) is 1. The molecular formula is C11H16N2OS. The molecule has 15 heavy (non-hydrogen) atoms. The number of anilines is 1. The molecule has 1 saturated heterocycles. The van der Waals surface area contributed by atoms with Crippen LogP contribution in [0, 0.1) is 0 Å². The Morgan fingerprint density at radius 1 is 1.53 bits per heavy atom. The first-order valence-corrected chi connectivity index (χ1v) is 6.39. The number of aromatic nitrogens is 1. The minimum Gasteiger partial charge on any atom is -0.481 e. The van der Waals surface area contributed by atoms with Crippen LogP contribution in [0.2, 0.25) is 0 Å². The highest BCUT2D eigenvalue weighted by molar-refractivity contribution is 7.99. The SMILES string of the molecule is COc1cccc(NC2CCCSC2)n1. The average molecular weight is 224 g/mol. The van der Waals surface area contributed by atoms with E-state index in [1.807, 2.05) is 30.0 Å². The minimum absolute atomic E-state index is 0.559. The molecule has 0 aliphatic carbocycles. The summed E-state index contributed by atoms with van der Waals surface area (Å²) >= 11 is 2.01. The van der Waals surface area contributed by atoms with E-state index in [1.165, 1.54) is 24.3 Å². The number of methoxy groups -OCH3 is 1. The Morgan fingerprint density at radius 3 is 3.20 bits per heavy atom. The van der Waals surface area contributed by atoms with Gasteiger partial charge in [0.25, 0.3) is 0 Å². The van der Waals surface area contributed by atoms with Gasteiger partial charge in [-0.1, -0.05) is 6.07 Å². The van der Waals surface area contributed by atoms with Crippen LogP contribution in [0.5, 0.6) is 5.88 Å². The van der Waals surface area contributed by atoms with Gasteiger partial charge in [0.05, 0.1) is 7.11 Å². The third kappa shape index (κ3) is 3.02. The van der Waals surface area contributed by atoms with E-state index < -0.39 is 0 Å². The van der Waals surface area contributed by atoms with Gasteiger partial charge in [-0.05, 0) is 24.7 Å². The zero-order valence-electron chi connectivity index (χ0n) is 8.90. The predicted molar refractivity (Wildman–Crippen MR) is 64.8 cm³/mol. The summed E-state index contributed by atoms with van der Waals surface area (Å²) in [6, 6.07) is 6.37. The van der Waals surface area contributed by atoms with Crippen LogP contribution in [-0.2, 0) is 0 Å². The number of ether oxygens (including phenoxy) is 1. The molecule has 0 spiro atoms. The smallest absolute Gasteiger partial charge is 0.214 e. The zero-order chi connectivity index (χ0) is 10.5. The molecule has 4 heteroatoms. The second-order valence-electron chi connectivity index (χ2n) is 3.62. The Bertz CT molecular complexity index is 313. The molecule has 3 nitrogen and oxygen atoms in total. The highest BCUT2D eigenvalue weighted by Gasteiger charge is 2.13. The van der Waals surface area contributed by atoms with Crippen molar-refractivity contribution in [3.05, 3.63) is 18.2 Å². The second-order valence-corrected chi connectivity index (χ2v) is 4.77. The van der Waals surface area contributed by atoms with Crippen molar-refractivity contribution in [3.8, 4) is 5.88 Å². The van der Waals surface area contributed by atoms with E-state index in [9.17, 15) is 0 Å². The van der Waals surface area contributed by atoms with Gasteiger partial charge >= 0.3 is 0 Å². The Labute approximate surface area is 94.6 Å². The van der Waals surface area contributed by atoms with Crippen LogP contribution in [0.4, 0.5) is 5.82 Å². The molecule has 1 aliphatic heterocycles. The van der Waals surface area contributed by atoms with Crippen molar-refractivity contribution < 1.29 is 4.74 Å². The molecule has 0 amide bonds. The average Bonchev–Trinajstić information content (AvgIpc) is 2.31. The fourth-order valence-electron chi connectivity index (χ4n) is 1.67. The number of hydrogen-bond donors (Lipinski definition) is 1. The van der Waals surface area contributed by atoms with Crippen molar-refractivity contribution >= 4 is 17.6 Å². The van der Waals surface area contributed by atoms with Gasteiger partial charge in [-0.3, -0.25) is 0 Å². The second kappa shape index (κ2) is 5.26. The normalized spacial score (nSPS) is 21.0. The highest BCUT2D eigenvalue weighted by atomic mass is 32.2. The van der Waals surface area contributed by atoms with Crippen LogP contribution >= 0.6 is 11.8 Å². The number of rotatable bonds is 3. The summed E-state index contributed by atoms with van der Waals surface area (Å²) in [5.74, 6) is 4.06. The van der Waals surface area contributed by atoms with Gasteiger partial charge in [0.2, 0.25) is 5.88 Å². The van der Waals surface area contributed by atoms with Crippen molar-refractivity contribution in [2.45, 2.75) is 18.9 Å². The Morgan fingerprint density at radius 2 is 2.47 bits per heavy atom. The molecule has 1 unspecified atom stereocenters. The summed E-state index contributed by atoms with van der Waals surface area (Å²) in [5.41, 5.74) is 0. The minimum atomic E-state index is 0.559. The summed E-state index contributed by atoms with van der Waals surface area (Å²) in [4.78, 5) is 4.34. The third-order valence-electron chi connectivity index (χ3n) is 2.44. The molecule has 2 rings (SSSR count). The Kier molecular flexibility index (Phi) is 3.72. The molecule has 1 fully saturated rings. The van der Waals surface area contributed by atoms with Crippen LogP contribution in [0.25, 0.3) is 0 Å². The van der Waals surface area contributed by atoms with E-state index in [0.717, 1.165) is 5.82 Å². The lowest BCUT2D eigenvalue weighted by molar-refractivity contribution is 0.398. The van der Waals surface area contributed by atoms with E-state index in [0.29, 0.717) is 11.9 Å². The fourth-order valence-corrected chi connectivity index (χ4v) is 2.74. The molecule has 0 bridgehead atoms. The molecule has 1 atom stereocenters. The van der Waals surface area contributed by atoms with Crippen LogP contribution < -0.4 is 10.1 Å². The maximum atomic E-state index is 5.09. The van der Waals surface area contributed by atoms with Gasteiger partial charge in [0, 0.05) is 17.9 Å². The summed E-state index contributed by atoms with van der Waals surface area (Å²) in [5, 5.41) is 3.44. The van der Waals surface area contributed by atoms with Crippen molar-refractivity contribution in [1.29, 1.82) is 0 Å². The van der Waals surface area contributed by atoms with Crippen LogP contribution in [-0.4, -0.2) is 29.6 Å². The lowest BCUT2D eigenvalue weighted by Gasteiger charge is -2.22. The number of hydrogen-bond acceptors (Lipinski definition) is 4. The Balaban J connectivity index is 1.96. The van der Waals surface area contributed by atoms with Gasteiger partial charge in [-0.2, -0.15) is 16.7 Å². The van der Waals surface area contributed by atoms with Crippen LogP contribution in [0.15, 0.2) is 18.2 Å². The van der Waals surface area contributed by atoms with E-state index in [4.69, 9.17) is 4.74 Å². The largest absolute Gasteiger partial charge is 0.481 e. The van der Waals surface area contributed by atoms with E-state index in [1.54, 1.807) is 7.11 Å². The molecule has 82 valence electrons. The number of thioether (sulfide) groups is 1. The maximum absolute atomic E-state index is 5.09. The molecule has 2 heterocycles. The lowest BCUT2D eigenvalue weighted by Crippen LogP contribution is -2.26.